The van der Waals surface area contributed by atoms with Crippen molar-refractivity contribution in [2.45, 2.75) is 19.3 Å². The molecule has 2 fully saturated rings. The molecule has 2 heterocycles. The van der Waals surface area contributed by atoms with Crippen LogP contribution >= 0.6 is 27.7 Å². The van der Waals surface area contributed by atoms with Crippen molar-refractivity contribution in [1.29, 1.82) is 0 Å². The molecule has 26 heavy (non-hydrogen) atoms. The van der Waals surface area contributed by atoms with Crippen LogP contribution in [0.5, 0.6) is 5.75 Å². The number of carbonyl (C=O) groups excluding carboxylic acids is 3. The molecule has 0 unspecified atom stereocenters. The fourth-order valence-electron chi connectivity index (χ4n) is 2.97. The molecular weight excluding hydrogens is 420 g/mol. The first-order valence-electron chi connectivity index (χ1n) is 8.36. The number of likely N-dealkylation sites (tertiary alicyclic amines) is 1. The summed E-state index contributed by atoms with van der Waals surface area (Å²) in [5.74, 6) is -0.00920. The Kier molecular flexibility index (Phi) is 6.03. The molecule has 0 aliphatic carbocycles. The van der Waals surface area contributed by atoms with E-state index in [4.69, 9.17) is 4.74 Å². The van der Waals surface area contributed by atoms with Gasteiger partial charge in [0.1, 0.15) is 12.3 Å². The molecule has 2 aliphatic heterocycles. The van der Waals surface area contributed by atoms with E-state index in [1.807, 2.05) is 12.1 Å². The van der Waals surface area contributed by atoms with E-state index in [1.165, 1.54) is 0 Å². The summed E-state index contributed by atoms with van der Waals surface area (Å²) >= 11 is 4.23. The van der Waals surface area contributed by atoms with Gasteiger partial charge in [0.15, 0.2) is 0 Å². The van der Waals surface area contributed by atoms with Crippen molar-refractivity contribution in [2.24, 2.45) is 0 Å². The molecule has 0 atom stereocenters. The fraction of sp³-hybridized carbons (Fsp3) is 0.389. The highest BCUT2D eigenvalue weighted by atomic mass is 79.9. The number of carbonyl (C=O) groups is 3. The average molecular weight is 439 g/mol. The molecule has 1 aromatic rings. The van der Waals surface area contributed by atoms with Crippen LogP contribution in [0.4, 0.5) is 4.79 Å². The zero-order valence-corrected chi connectivity index (χ0v) is 16.8. The number of imide groups is 1. The molecule has 3 rings (SSSR count). The minimum absolute atomic E-state index is 0.173. The maximum Gasteiger partial charge on any atom is 0.294 e. The van der Waals surface area contributed by atoms with E-state index in [0.717, 1.165) is 40.4 Å². The third-order valence-electron chi connectivity index (χ3n) is 4.35. The fourth-order valence-corrected chi connectivity index (χ4v) is 4.18. The predicted octanol–water partition coefficient (Wildman–Crippen LogP) is 3.51. The van der Waals surface area contributed by atoms with Crippen LogP contribution in [-0.4, -0.2) is 53.6 Å². The second kappa shape index (κ2) is 8.26. The van der Waals surface area contributed by atoms with Gasteiger partial charge in [0.2, 0.25) is 5.91 Å². The van der Waals surface area contributed by atoms with E-state index in [9.17, 15) is 14.4 Å². The van der Waals surface area contributed by atoms with E-state index in [-0.39, 0.29) is 17.4 Å². The van der Waals surface area contributed by atoms with Gasteiger partial charge in [-0.25, -0.2) is 0 Å². The van der Waals surface area contributed by atoms with Crippen molar-refractivity contribution in [3.8, 4) is 5.75 Å². The van der Waals surface area contributed by atoms with Crippen molar-refractivity contribution in [3.05, 3.63) is 33.1 Å². The minimum Gasteiger partial charge on any atom is -0.496 e. The standard InChI is InChI=1S/C18H19BrN2O4S/c1-25-14-6-5-13(19)9-12(14)10-15-17(23)21(18(24)26-15)11-16(22)20-7-3-2-4-8-20/h5-6,9-10H,2-4,7-8,11H2,1H3/b15-10-. The number of methoxy groups -OCH3 is 1. The van der Waals surface area contributed by atoms with Crippen LogP contribution in [0.15, 0.2) is 27.6 Å². The largest absolute Gasteiger partial charge is 0.496 e. The number of thioether (sulfide) groups is 1. The van der Waals surface area contributed by atoms with Gasteiger partial charge in [-0.3, -0.25) is 19.3 Å². The summed E-state index contributed by atoms with van der Waals surface area (Å²) in [4.78, 5) is 40.3. The number of hydrogen-bond acceptors (Lipinski definition) is 5. The molecule has 138 valence electrons. The second-order valence-corrected chi connectivity index (χ2v) is 8.00. The van der Waals surface area contributed by atoms with Gasteiger partial charge in [-0.1, -0.05) is 15.9 Å². The highest BCUT2D eigenvalue weighted by Gasteiger charge is 2.37. The van der Waals surface area contributed by atoms with E-state index in [1.54, 1.807) is 24.2 Å². The SMILES string of the molecule is COc1ccc(Br)cc1/C=C1\SC(=O)N(CC(=O)N2CCCCC2)C1=O. The minimum atomic E-state index is -0.438. The Balaban J connectivity index is 1.76. The summed E-state index contributed by atoms with van der Waals surface area (Å²) in [6.07, 6.45) is 4.68. The normalized spacial score (nSPS) is 19.4. The lowest BCUT2D eigenvalue weighted by atomic mass is 10.1. The molecule has 2 saturated heterocycles. The number of nitrogens with zero attached hydrogens (tertiary/aromatic N) is 2. The van der Waals surface area contributed by atoms with Gasteiger partial charge in [-0.05, 0) is 55.3 Å². The summed E-state index contributed by atoms with van der Waals surface area (Å²) in [6.45, 7) is 1.19. The molecule has 1 aromatic carbocycles. The first kappa shape index (κ1) is 19.0. The van der Waals surface area contributed by atoms with E-state index >= 15 is 0 Å². The summed E-state index contributed by atoms with van der Waals surface area (Å²) in [5.41, 5.74) is 0.690. The van der Waals surface area contributed by atoms with Crippen molar-refractivity contribution in [2.75, 3.05) is 26.7 Å². The topological polar surface area (TPSA) is 66.9 Å². The van der Waals surface area contributed by atoms with Crippen LogP contribution in [0.1, 0.15) is 24.8 Å². The zero-order valence-electron chi connectivity index (χ0n) is 14.4. The van der Waals surface area contributed by atoms with Gasteiger partial charge in [0.05, 0.1) is 12.0 Å². The number of halogens is 1. The van der Waals surface area contributed by atoms with Crippen LogP contribution in [0.2, 0.25) is 0 Å². The molecular formula is C18H19BrN2O4S. The number of amides is 3. The molecule has 6 nitrogen and oxygen atoms in total. The van der Waals surface area contributed by atoms with E-state index < -0.39 is 11.1 Å². The lowest BCUT2D eigenvalue weighted by Crippen LogP contribution is -2.44. The van der Waals surface area contributed by atoms with Gasteiger partial charge in [-0.2, -0.15) is 0 Å². The Labute approximate surface area is 164 Å². The number of benzene rings is 1. The monoisotopic (exact) mass is 438 g/mol. The summed E-state index contributed by atoms with van der Waals surface area (Å²) in [7, 11) is 1.55. The van der Waals surface area contributed by atoms with Gasteiger partial charge < -0.3 is 9.64 Å². The Morgan fingerprint density at radius 3 is 2.69 bits per heavy atom. The highest BCUT2D eigenvalue weighted by Crippen LogP contribution is 2.34. The van der Waals surface area contributed by atoms with Crippen LogP contribution in [0, 0.1) is 0 Å². The summed E-state index contributed by atoms with van der Waals surface area (Å²) in [5, 5.41) is -0.416. The predicted molar refractivity (Wildman–Crippen MR) is 104 cm³/mol. The zero-order chi connectivity index (χ0) is 18.7. The highest BCUT2D eigenvalue weighted by molar-refractivity contribution is 9.10. The van der Waals surface area contributed by atoms with Gasteiger partial charge in [0, 0.05) is 23.1 Å². The molecule has 0 N–H and O–H groups in total. The quantitative estimate of drug-likeness (QED) is 0.672. The number of rotatable bonds is 4. The Hall–Kier alpha value is -1.80. The summed E-state index contributed by atoms with van der Waals surface area (Å²) < 4.78 is 6.14. The molecule has 0 aromatic heterocycles. The lowest BCUT2D eigenvalue weighted by molar-refractivity contribution is -0.136. The van der Waals surface area contributed by atoms with Crippen molar-refractivity contribution in [3.63, 3.8) is 0 Å². The smallest absolute Gasteiger partial charge is 0.294 e. The molecule has 3 amide bonds. The molecule has 8 heteroatoms. The lowest BCUT2D eigenvalue weighted by Gasteiger charge is -2.27. The third kappa shape index (κ3) is 4.12. The summed E-state index contributed by atoms with van der Waals surface area (Å²) in [6, 6.07) is 5.42. The second-order valence-electron chi connectivity index (χ2n) is 6.10. The van der Waals surface area contributed by atoms with Crippen molar-refractivity contribution < 1.29 is 19.1 Å². The van der Waals surface area contributed by atoms with E-state index in [0.29, 0.717) is 24.4 Å². The van der Waals surface area contributed by atoms with Crippen molar-refractivity contribution >= 4 is 50.8 Å². The van der Waals surface area contributed by atoms with E-state index in [2.05, 4.69) is 15.9 Å². The van der Waals surface area contributed by atoms with Crippen LogP contribution < -0.4 is 4.74 Å². The van der Waals surface area contributed by atoms with Gasteiger partial charge in [0.25, 0.3) is 11.1 Å². The van der Waals surface area contributed by atoms with Crippen LogP contribution in [-0.2, 0) is 9.59 Å². The maximum atomic E-state index is 12.6. The van der Waals surface area contributed by atoms with Crippen molar-refractivity contribution in [1.82, 2.24) is 9.80 Å². The molecule has 2 aliphatic rings. The Morgan fingerprint density at radius 1 is 1.27 bits per heavy atom. The molecule has 0 bridgehead atoms. The first-order valence-corrected chi connectivity index (χ1v) is 9.97. The number of piperidine rings is 1. The average Bonchev–Trinajstić information content (AvgIpc) is 2.90. The number of hydrogen-bond donors (Lipinski definition) is 0. The first-order chi connectivity index (χ1) is 12.5. The Morgan fingerprint density at radius 2 is 2.00 bits per heavy atom. The molecule has 0 radical (unpaired) electrons. The molecule has 0 saturated carbocycles. The van der Waals surface area contributed by atoms with Crippen LogP contribution in [0.3, 0.4) is 0 Å². The third-order valence-corrected chi connectivity index (χ3v) is 5.75. The van der Waals surface area contributed by atoms with Gasteiger partial charge in [-0.15, -0.1) is 0 Å². The number of ether oxygens (including phenoxy) is 1. The Bertz CT molecular complexity index is 774. The van der Waals surface area contributed by atoms with Gasteiger partial charge >= 0.3 is 0 Å². The van der Waals surface area contributed by atoms with Crippen LogP contribution in [0.25, 0.3) is 6.08 Å². The molecule has 0 spiro atoms. The maximum absolute atomic E-state index is 12.6.